The van der Waals surface area contributed by atoms with Gasteiger partial charge in [0.05, 0.1) is 6.54 Å². The maximum absolute atomic E-state index is 14.5. The molecule has 0 spiro atoms. The van der Waals surface area contributed by atoms with E-state index in [1.807, 2.05) is 12.1 Å². The van der Waals surface area contributed by atoms with Gasteiger partial charge in [0.15, 0.2) is 11.5 Å². The van der Waals surface area contributed by atoms with Crippen LogP contribution >= 0.6 is 0 Å². The molecule has 33 heavy (non-hydrogen) atoms. The van der Waals surface area contributed by atoms with Crippen LogP contribution in [-0.4, -0.2) is 17.6 Å². The van der Waals surface area contributed by atoms with Crippen LogP contribution in [0.5, 0.6) is 11.5 Å². The van der Waals surface area contributed by atoms with Crippen LogP contribution in [0.1, 0.15) is 47.4 Å². The molecule has 3 aliphatic heterocycles. The Morgan fingerprint density at radius 1 is 0.939 bits per heavy atom. The van der Waals surface area contributed by atoms with Gasteiger partial charge in [0.1, 0.15) is 5.41 Å². The van der Waals surface area contributed by atoms with Gasteiger partial charge in [0.2, 0.25) is 12.7 Å². The largest absolute Gasteiger partial charge is 0.454 e. The fourth-order valence-electron chi connectivity index (χ4n) is 6.51. The Labute approximate surface area is 193 Å². The molecule has 3 aromatic rings. The summed E-state index contributed by atoms with van der Waals surface area (Å²) in [5.41, 5.74) is 6.72. The molecule has 164 valence electrons. The Morgan fingerprint density at radius 2 is 1.67 bits per heavy atom. The first kappa shape index (κ1) is 19.0. The summed E-state index contributed by atoms with van der Waals surface area (Å²) in [5, 5.41) is 0. The van der Waals surface area contributed by atoms with Crippen LogP contribution in [0.15, 0.2) is 84.1 Å². The number of rotatable bonds is 3. The zero-order valence-corrected chi connectivity index (χ0v) is 18.4. The van der Waals surface area contributed by atoms with E-state index >= 15 is 0 Å². The van der Waals surface area contributed by atoms with Gasteiger partial charge in [-0.05, 0) is 65.6 Å². The van der Waals surface area contributed by atoms with Crippen LogP contribution in [-0.2, 0) is 23.2 Å². The third-order valence-corrected chi connectivity index (χ3v) is 7.89. The van der Waals surface area contributed by atoms with Crippen LogP contribution in [0, 0.1) is 0 Å². The number of allylic oxidation sites excluding steroid dienone is 1. The van der Waals surface area contributed by atoms with E-state index in [4.69, 9.17) is 9.47 Å². The average molecular weight is 436 g/mol. The molecule has 1 amide bonds. The van der Waals surface area contributed by atoms with Gasteiger partial charge in [-0.3, -0.25) is 4.79 Å². The Balaban J connectivity index is 1.44. The molecule has 0 saturated heterocycles. The number of hydrogen-bond acceptors (Lipinski definition) is 3. The van der Waals surface area contributed by atoms with Crippen LogP contribution in [0.25, 0.3) is 0 Å². The van der Waals surface area contributed by atoms with E-state index in [0.29, 0.717) is 13.0 Å². The smallest absolute Gasteiger partial charge is 0.242 e. The van der Waals surface area contributed by atoms with Crippen LogP contribution < -0.4 is 9.47 Å². The van der Waals surface area contributed by atoms with Crippen LogP contribution in [0.3, 0.4) is 0 Å². The van der Waals surface area contributed by atoms with Gasteiger partial charge in [-0.1, -0.05) is 60.7 Å². The summed E-state index contributed by atoms with van der Waals surface area (Å²) in [6, 6.07) is 25.2. The molecule has 0 radical (unpaired) electrons. The minimum Gasteiger partial charge on any atom is -0.454 e. The Kier molecular flexibility index (Phi) is 4.02. The summed E-state index contributed by atoms with van der Waals surface area (Å²) in [6.45, 7) is 0.872. The highest BCUT2D eigenvalue weighted by Crippen LogP contribution is 2.57. The van der Waals surface area contributed by atoms with E-state index in [-0.39, 0.29) is 18.6 Å². The average Bonchev–Trinajstić information content (AvgIpc) is 3.42. The summed E-state index contributed by atoms with van der Waals surface area (Å²) >= 11 is 0. The second-order valence-corrected chi connectivity index (χ2v) is 9.54. The third-order valence-electron chi connectivity index (χ3n) is 7.89. The first-order valence-electron chi connectivity index (χ1n) is 11.8. The molecule has 1 aliphatic carbocycles. The summed E-state index contributed by atoms with van der Waals surface area (Å²) in [4.78, 5) is 16.6. The molecule has 0 N–H and O–H groups in total. The van der Waals surface area contributed by atoms with Crippen molar-refractivity contribution in [2.45, 2.75) is 43.6 Å². The molecule has 4 heteroatoms. The van der Waals surface area contributed by atoms with Crippen molar-refractivity contribution < 1.29 is 14.3 Å². The lowest BCUT2D eigenvalue weighted by Gasteiger charge is -2.37. The predicted octanol–water partition coefficient (Wildman–Crippen LogP) is 5.47. The summed E-state index contributed by atoms with van der Waals surface area (Å²) in [6.07, 6.45) is 3.81. The number of amides is 1. The van der Waals surface area contributed by atoms with E-state index in [9.17, 15) is 4.79 Å². The van der Waals surface area contributed by atoms with Crippen molar-refractivity contribution in [2.24, 2.45) is 0 Å². The topological polar surface area (TPSA) is 38.8 Å². The normalized spacial score (nSPS) is 24.7. The lowest BCUT2D eigenvalue weighted by Crippen LogP contribution is -2.43. The quantitative estimate of drug-likeness (QED) is 0.547. The summed E-state index contributed by atoms with van der Waals surface area (Å²) < 4.78 is 11.4. The van der Waals surface area contributed by atoms with E-state index < -0.39 is 5.41 Å². The molecule has 0 bridgehead atoms. The summed E-state index contributed by atoms with van der Waals surface area (Å²) in [7, 11) is 0. The van der Waals surface area contributed by atoms with Gasteiger partial charge < -0.3 is 14.4 Å². The molecule has 0 saturated carbocycles. The first-order valence-corrected chi connectivity index (χ1v) is 11.8. The molecule has 2 atom stereocenters. The van der Waals surface area contributed by atoms with Gasteiger partial charge in [0.25, 0.3) is 0 Å². The van der Waals surface area contributed by atoms with Crippen LogP contribution in [0.2, 0.25) is 0 Å². The molecular formula is C29H25NO3. The fraction of sp³-hybridized carbons (Fsp3) is 0.276. The van der Waals surface area contributed by atoms with E-state index in [1.165, 1.54) is 28.0 Å². The second-order valence-electron chi connectivity index (χ2n) is 9.54. The van der Waals surface area contributed by atoms with Gasteiger partial charge in [0, 0.05) is 11.6 Å². The fourth-order valence-corrected chi connectivity index (χ4v) is 6.51. The maximum atomic E-state index is 14.5. The van der Waals surface area contributed by atoms with Gasteiger partial charge >= 0.3 is 0 Å². The standard InChI is InChI=1S/C29H25NO3/c31-28-29(21-10-5-2-6-11-21,16-19-8-3-1-4-9-19)24-13-7-12-22-23-15-26-25(32-18-33-26)14-20(23)17-30(28)27(22)24/h1-6,8-11,14-15,22H,7,12-13,16-18H2. The molecule has 7 rings (SSSR count). The Morgan fingerprint density at radius 3 is 2.45 bits per heavy atom. The molecule has 0 aromatic heterocycles. The van der Waals surface area contributed by atoms with Crippen molar-refractivity contribution in [1.29, 1.82) is 0 Å². The SMILES string of the molecule is O=C1N2Cc3cc4c(cc3C3CCCC(=C32)C1(Cc1ccccc1)c1ccccc1)OCO4. The molecule has 3 heterocycles. The predicted molar refractivity (Wildman–Crippen MR) is 125 cm³/mol. The van der Waals surface area contributed by atoms with Crippen molar-refractivity contribution in [3.05, 3.63) is 106 Å². The first-order chi connectivity index (χ1) is 16.3. The Bertz CT molecular complexity index is 1300. The lowest BCUT2D eigenvalue weighted by atomic mass is 9.66. The minimum absolute atomic E-state index is 0.220. The number of ether oxygens (including phenoxy) is 2. The van der Waals surface area contributed by atoms with Crippen molar-refractivity contribution in [2.75, 3.05) is 6.79 Å². The zero-order chi connectivity index (χ0) is 22.0. The highest BCUT2D eigenvalue weighted by atomic mass is 16.7. The summed E-state index contributed by atoms with van der Waals surface area (Å²) in [5.74, 6) is 2.08. The molecule has 2 unspecified atom stereocenters. The monoisotopic (exact) mass is 435 g/mol. The minimum atomic E-state index is -0.644. The molecule has 4 nitrogen and oxygen atoms in total. The highest BCUT2D eigenvalue weighted by molar-refractivity contribution is 5.98. The number of carbonyl (C=O) groups is 1. The lowest BCUT2D eigenvalue weighted by molar-refractivity contribution is -0.133. The molecule has 4 aliphatic rings. The van der Waals surface area contributed by atoms with E-state index in [1.54, 1.807) is 0 Å². The van der Waals surface area contributed by atoms with Crippen LogP contribution in [0.4, 0.5) is 0 Å². The van der Waals surface area contributed by atoms with E-state index in [0.717, 1.165) is 36.3 Å². The second kappa shape index (κ2) is 6.98. The number of benzene rings is 3. The number of nitrogens with zero attached hydrogens (tertiary/aromatic N) is 1. The Hall–Kier alpha value is -3.53. The van der Waals surface area contributed by atoms with Gasteiger partial charge in [-0.15, -0.1) is 0 Å². The van der Waals surface area contributed by atoms with E-state index in [2.05, 4.69) is 65.6 Å². The van der Waals surface area contributed by atoms with Crippen molar-refractivity contribution in [1.82, 2.24) is 4.90 Å². The number of hydrogen-bond donors (Lipinski definition) is 0. The highest BCUT2D eigenvalue weighted by Gasteiger charge is 2.56. The molecule has 3 aromatic carbocycles. The number of carbonyl (C=O) groups excluding carboxylic acids is 1. The van der Waals surface area contributed by atoms with Crippen molar-refractivity contribution in [3.63, 3.8) is 0 Å². The van der Waals surface area contributed by atoms with Gasteiger partial charge in [-0.25, -0.2) is 0 Å². The molecule has 0 fully saturated rings. The zero-order valence-electron chi connectivity index (χ0n) is 18.4. The maximum Gasteiger partial charge on any atom is 0.242 e. The number of fused-ring (bicyclic) bond motifs is 3. The van der Waals surface area contributed by atoms with Crippen molar-refractivity contribution >= 4 is 5.91 Å². The molecular weight excluding hydrogens is 410 g/mol. The van der Waals surface area contributed by atoms with Gasteiger partial charge in [-0.2, -0.15) is 0 Å². The third kappa shape index (κ3) is 2.61. The van der Waals surface area contributed by atoms with Crippen molar-refractivity contribution in [3.8, 4) is 11.5 Å².